The quantitative estimate of drug-likeness (QED) is 0.689. The first-order chi connectivity index (χ1) is 13.3. The van der Waals surface area contributed by atoms with Crippen molar-refractivity contribution < 1.29 is 4.39 Å². The molecule has 0 spiro atoms. The van der Waals surface area contributed by atoms with Crippen LogP contribution in [0, 0.1) is 23.1 Å². The summed E-state index contributed by atoms with van der Waals surface area (Å²) in [6, 6.07) is 7.01. The molecule has 0 bridgehead atoms. The number of H-pyrrole nitrogens is 1. The van der Waals surface area contributed by atoms with E-state index in [1.807, 2.05) is 12.1 Å². The molecular weight excluding hydrogens is 353 g/mol. The number of nitrogens with one attached hydrogen (secondary N) is 1. The topological polar surface area (TPSA) is 57.7 Å². The van der Waals surface area contributed by atoms with E-state index in [0.29, 0.717) is 34.3 Å². The monoisotopic (exact) mass is 381 g/mol. The summed E-state index contributed by atoms with van der Waals surface area (Å²) in [5, 5.41) is 7.88. The van der Waals surface area contributed by atoms with E-state index in [4.69, 9.17) is 4.98 Å². The van der Waals surface area contributed by atoms with Crippen LogP contribution in [-0.4, -0.2) is 33.3 Å². The molecule has 5 nitrogen and oxygen atoms in total. The molecule has 1 fully saturated rings. The number of aromatic nitrogens is 4. The number of anilines is 1. The lowest BCUT2D eigenvalue weighted by Gasteiger charge is -2.40. The summed E-state index contributed by atoms with van der Waals surface area (Å²) in [5.41, 5.74) is 1.75. The van der Waals surface area contributed by atoms with Gasteiger partial charge in [-0.25, -0.2) is 14.4 Å². The molecule has 148 valence electrons. The average Bonchev–Trinajstić information content (AvgIpc) is 3.07. The summed E-state index contributed by atoms with van der Waals surface area (Å²) in [6.45, 7) is 11.1. The van der Waals surface area contributed by atoms with Gasteiger partial charge >= 0.3 is 0 Å². The number of fused-ring (bicyclic) bond motifs is 1. The van der Waals surface area contributed by atoms with Gasteiger partial charge in [0.05, 0.1) is 5.69 Å². The van der Waals surface area contributed by atoms with E-state index in [-0.39, 0.29) is 5.82 Å². The Morgan fingerprint density at radius 2 is 2.07 bits per heavy atom. The van der Waals surface area contributed by atoms with E-state index >= 15 is 0 Å². The fraction of sp³-hybridized carbons (Fsp3) is 0.500. The number of halogens is 1. The third-order valence-corrected chi connectivity index (χ3v) is 5.71. The van der Waals surface area contributed by atoms with Crippen LogP contribution >= 0.6 is 0 Å². The molecule has 1 aliphatic rings. The molecule has 2 atom stereocenters. The van der Waals surface area contributed by atoms with Gasteiger partial charge < -0.3 is 4.90 Å². The first-order valence-electron chi connectivity index (χ1n) is 10.0. The first kappa shape index (κ1) is 18.8. The highest BCUT2D eigenvalue weighted by atomic mass is 19.1. The summed E-state index contributed by atoms with van der Waals surface area (Å²) in [7, 11) is 0. The SMILES string of the molecule is CC1CCN(c2ccc(F)c(-c3[nH]nc4ncccc34)n2)CC1CC(C)(C)C. The molecule has 0 radical (unpaired) electrons. The van der Waals surface area contributed by atoms with E-state index in [2.05, 4.69) is 47.8 Å². The summed E-state index contributed by atoms with van der Waals surface area (Å²) in [6.07, 6.45) is 3.99. The zero-order valence-electron chi connectivity index (χ0n) is 17.0. The smallest absolute Gasteiger partial charge is 0.181 e. The number of hydrogen-bond acceptors (Lipinski definition) is 4. The molecule has 4 rings (SSSR count). The Kier molecular flexibility index (Phi) is 4.81. The van der Waals surface area contributed by atoms with E-state index < -0.39 is 0 Å². The average molecular weight is 381 g/mol. The summed E-state index contributed by atoms with van der Waals surface area (Å²) >= 11 is 0. The van der Waals surface area contributed by atoms with Crippen molar-refractivity contribution in [3.63, 3.8) is 0 Å². The van der Waals surface area contributed by atoms with Gasteiger partial charge in [0.2, 0.25) is 0 Å². The fourth-order valence-corrected chi connectivity index (χ4v) is 4.22. The van der Waals surface area contributed by atoms with Crippen LogP contribution in [0.25, 0.3) is 22.4 Å². The molecule has 6 heteroatoms. The van der Waals surface area contributed by atoms with Crippen molar-refractivity contribution in [2.45, 2.75) is 40.5 Å². The highest BCUT2D eigenvalue weighted by Gasteiger charge is 2.30. The zero-order valence-corrected chi connectivity index (χ0v) is 17.0. The molecule has 0 aromatic carbocycles. The van der Waals surface area contributed by atoms with Crippen molar-refractivity contribution >= 4 is 16.9 Å². The first-order valence-corrected chi connectivity index (χ1v) is 10.0. The van der Waals surface area contributed by atoms with Crippen molar-refractivity contribution in [2.24, 2.45) is 17.3 Å². The Labute approximate surface area is 165 Å². The molecule has 2 unspecified atom stereocenters. The molecule has 0 aliphatic carbocycles. The minimum absolute atomic E-state index is 0.297. The largest absolute Gasteiger partial charge is 0.356 e. The highest BCUT2D eigenvalue weighted by Crippen LogP contribution is 2.36. The Hall–Kier alpha value is -2.50. The molecule has 28 heavy (non-hydrogen) atoms. The Morgan fingerprint density at radius 3 is 2.86 bits per heavy atom. The molecule has 1 N–H and O–H groups in total. The number of rotatable bonds is 3. The van der Waals surface area contributed by atoms with Crippen LogP contribution in [0.2, 0.25) is 0 Å². The second kappa shape index (κ2) is 7.15. The summed E-state index contributed by atoms with van der Waals surface area (Å²) in [5.74, 6) is 1.78. The number of aromatic amines is 1. The van der Waals surface area contributed by atoms with Crippen LogP contribution in [0.4, 0.5) is 10.2 Å². The van der Waals surface area contributed by atoms with E-state index in [1.165, 1.54) is 12.5 Å². The van der Waals surface area contributed by atoms with Crippen molar-refractivity contribution in [3.05, 3.63) is 36.3 Å². The second-order valence-corrected chi connectivity index (χ2v) is 9.21. The van der Waals surface area contributed by atoms with Gasteiger partial charge in [0.1, 0.15) is 11.5 Å². The van der Waals surface area contributed by atoms with Gasteiger partial charge in [0, 0.05) is 24.7 Å². The molecule has 0 saturated carbocycles. The number of pyridine rings is 2. The number of hydrogen-bond donors (Lipinski definition) is 1. The summed E-state index contributed by atoms with van der Waals surface area (Å²) < 4.78 is 14.6. The molecule has 1 saturated heterocycles. The maximum atomic E-state index is 14.6. The van der Waals surface area contributed by atoms with E-state index in [0.717, 1.165) is 30.7 Å². The van der Waals surface area contributed by atoms with Crippen molar-refractivity contribution in [1.29, 1.82) is 0 Å². The van der Waals surface area contributed by atoms with Gasteiger partial charge in [-0.05, 0) is 54.4 Å². The normalized spacial score (nSPS) is 20.7. The lowest BCUT2D eigenvalue weighted by Crippen LogP contribution is -2.41. The van der Waals surface area contributed by atoms with Crippen LogP contribution in [0.1, 0.15) is 40.5 Å². The third kappa shape index (κ3) is 3.73. The van der Waals surface area contributed by atoms with Gasteiger partial charge in [-0.15, -0.1) is 0 Å². The zero-order chi connectivity index (χ0) is 19.9. The van der Waals surface area contributed by atoms with Gasteiger partial charge in [-0.2, -0.15) is 5.10 Å². The van der Waals surface area contributed by atoms with Crippen molar-refractivity contribution in [1.82, 2.24) is 20.2 Å². The lowest BCUT2D eigenvalue weighted by atomic mass is 9.76. The fourth-order valence-electron chi connectivity index (χ4n) is 4.22. The standard InChI is InChI=1S/C22H28FN5/c1-14-9-11-28(13-15(14)12-22(2,3)4)18-8-7-17(23)20(25-18)19-16-6-5-10-24-21(16)27-26-19/h5-8,10,14-15H,9,11-13H2,1-4H3,(H,24,26,27). The van der Waals surface area contributed by atoms with Crippen LogP contribution in [0.15, 0.2) is 30.5 Å². The predicted molar refractivity (Wildman–Crippen MR) is 111 cm³/mol. The van der Waals surface area contributed by atoms with Crippen LogP contribution in [-0.2, 0) is 0 Å². The summed E-state index contributed by atoms with van der Waals surface area (Å²) in [4.78, 5) is 11.2. The second-order valence-electron chi connectivity index (χ2n) is 9.21. The number of piperidine rings is 1. The molecular formula is C22H28FN5. The van der Waals surface area contributed by atoms with Gasteiger partial charge in [-0.3, -0.25) is 5.10 Å². The minimum Gasteiger partial charge on any atom is -0.356 e. The highest BCUT2D eigenvalue weighted by molar-refractivity contribution is 5.89. The van der Waals surface area contributed by atoms with Crippen LogP contribution in [0.5, 0.6) is 0 Å². The van der Waals surface area contributed by atoms with E-state index in [9.17, 15) is 4.39 Å². The Bertz CT molecular complexity index is 974. The molecule has 0 amide bonds. The molecule has 3 aromatic heterocycles. The third-order valence-electron chi connectivity index (χ3n) is 5.71. The van der Waals surface area contributed by atoms with Crippen molar-refractivity contribution in [3.8, 4) is 11.4 Å². The van der Waals surface area contributed by atoms with Gasteiger partial charge in [0.15, 0.2) is 11.5 Å². The van der Waals surface area contributed by atoms with E-state index in [1.54, 1.807) is 12.3 Å². The lowest BCUT2D eigenvalue weighted by molar-refractivity contribution is 0.207. The van der Waals surface area contributed by atoms with Crippen LogP contribution < -0.4 is 4.90 Å². The molecule has 4 heterocycles. The van der Waals surface area contributed by atoms with Crippen LogP contribution in [0.3, 0.4) is 0 Å². The predicted octanol–water partition coefficient (Wildman–Crippen LogP) is 5.06. The van der Waals surface area contributed by atoms with Crippen molar-refractivity contribution in [2.75, 3.05) is 18.0 Å². The Balaban J connectivity index is 1.65. The molecule has 1 aliphatic heterocycles. The van der Waals surface area contributed by atoms with Gasteiger partial charge in [-0.1, -0.05) is 27.7 Å². The maximum absolute atomic E-state index is 14.6. The maximum Gasteiger partial charge on any atom is 0.181 e. The molecule has 3 aromatic rings. The number of nitrogens with zero attached hydrogens (tertiary/aromatic N) is 4. The Morgan fingerprint density at radius 1 is 1.25 bits per heavy atom. The minimum atomic E-state index is -0.352. The van der Waals surface area contributed by atoms with Gasteiger partial charge in [0.25, 0.3) is 0 Å².